The van der Waals surface area contributed by atoms with Gasteiger partial charge in [0.15, 0.2) is 0 Å². The van der Waals surface area contributed by atoms with Crippen LogP contribution in [0.3, 0.4) is 0 Å². The van der Waals surface area contributed by atoms with Gasteiger partial charge in [0.2, 0.25) is 0 Å². The first-order valence-corrected chi connectivity index (χ1v) is 8.64. The molecule has 1 heterocycles. The summed E-state index contributed by atoms with van der Waals surface area (Å²) in [6, 6.07) is 14.9. The molecule has 136 valence electrons. The average Bonchev–Trinajstić information content (AvgIpc) is 2.66. The van der Waals surface area contributed by atoms with Crippen LogP contribution in [0, 0.1) is 20.8 Å². The predicted molar refractivity (Wildman–Crippen MR) is 107 cm³/mol. The van der Waals surface area contributed by atoms with E-state index in [4.69, 9.17) is 0 Å². The molecular weight excluding hydrogens is 338 g/mol. The summed E-state index contributed by atoms with van der Waals surface area (Å²) >= 11 is 0. The highest BCUT2D eigenvalue weighted by Crippen LogP contribution is 2.18. The van der Waals surface area contributed by atoms with E-state index in [2.05, 4.69) is 15.6 Å². The Hall–Kier alpha value is -3.47. The fourth-order valence-electron chi connectivity index (χ4n) is 2.74. The van der Waals surface area contributed by atoms with Crippen LogP contribution in [-0.2, 0) is 0 Å². The number of carbonyl (C=O) groups is 2. The fraction of sp³-hybridized carbons (Fsp3) is 0.136. The molecule has 5 heteroatoms. The van der Waals surface area contributed by atoms with Gasteiger partial charge in [-0.1, -0.05) is 35.9 Å². The van der Waals surface area contributed by atoms with E-state index in [1.165, 1.54) is 12.4 Å². The minimum absolute atomic E-state index is 0.306. The van der Waals surface area contributed by atoms with E-state index in [9.17, 15) is 9.59 Å². The minimum atomic E-state index is -0.307. The van der Waals surface area contributed by atoms with Crippen LogP contribution in [0.5, 0.6) is 0 Å². The number of carbonyl (C=O) groups excluding carboxylic acids is 2. The molecule has 0 aliphatic heterocycles. The Morgan fingerprint density at radius 3 is 1.93 bits per heavy atom. The first kappa shape index (κ1) is 18.3. The second-order valence-electron chi connectivity index (χ2n) is 6.50. The Bertz CT molecular complexity index is 1010. The molecule has 2 amide bonds. The van der Waals surface area contributed by atoms with Crippen molar-refractivity contribution in [3.63, 3.8) is 0 Å². The van der Waals surface area contributed by atoms with E-state index in [1.807, 2.05) is 63.2 Å². The largest absolute Gasteiger partial charge is 0.322 e. The number of benzene rings is 2. The number of hydrogen-bond acceptors (Lipinski definition) is 3. The third-order valence-electron chi connectivity index (χ3n) is 4.29. The molecule has 0 aliphatic rings. The molecule has 3 aromatic rings. The summed E-state index contributed by atoms with van der Waals surface area (Å²) in [5, 5.41) is 5.72. The Morgan fingerprint density at radius 2 is 1.33 bits per heavy atom. The lowest BCUT2D eigenvalue weighted by Gasteiger charge is -2.10. The molecule has 5 nitrogen and oxygen atoms in total. The van der Waals surface area contributed by atoms with Crippen LogP contribution in [0.25, 0.3) is 0 Å². The summed E-state index contributed by atoms with van der Waals surface area (Å²) in [5.41, 5.74) is 5.18. The predicted octanol–water partition coefficient (Wildman–Crippen LogP) is 4.51. The van der Waals surface area contributed by atoms with E-state index in [1.54, 1.807) is 6.07 Å². The number of anilines is 2. The smallest absolute Gasteiger partial charge is 0.257 e. The van der Waals surface area contributed by atoms with E-state index in [0.717, 1.165) is 28.1 Å². The second kappa shape index (κ2) is 7.83. The van der Waals surface area contributed by atoms with Gasteiger partial charge in [-0.05, 0) is 50.1 Å². The van der Waals surface area contributed by atoms with Crippen LogP contribution in [0.4, 0.5) is 11.4 Å². The van der Waals surface area contributed by atoms with E-state index in [-0.39, 0.29) is 11.8 Å². The normalized spacial score (nSPS) is 10.3. The zero-order chi connectivity index (χ0) is 19.4. The average molecular weight is 359 g/mol. The number of hydrogen-bond donors (Lipinski definition) is 2. The molecule has 0 spiro atoms. The summed E-state index contributed by atoms with van der Waals surface area (Å²) < 4.78 is 0. The van der Waals surface area contributed by atoms with Crippen LogP contribution in [0.1, 0.15) is 37.4 Å². The van der Waals surface area contributed by atoms with Gasteiger partial charge in [-0.3, -0.25) is 14.6 Å². The van der Waals surface area contributed by atoms with Gasteiger partial charge in [0.1, 0.15) is 0 Å². The van der Waals surface area contributed by atoms with Gasteiger partial charge in [0.25, 0.3) is 11.8 Å². The Morgan fingerprint density at radius 1 is 0.741 bits per heavy atom. The maximum Gasteiger partial charge on any atom is 0.257 e. The van der Waals surface area contributed by atoms with E-state index in [0.29, 0.717) is 11.1 Å². The topological polar surface area (TPSA) is 71.1 Å². The molecule has 0 saturated heterocycles. The highest BCUT2D eigenvalue weighted by atomic mass is 16.2. The lowest BCUT2D eigenvalue weighted by molar-refractivity contribution is 0.102. The Kier molecular flexibility index (Phi) is 5.31. The van der Waals surface area contributed by atoms with Crippen molar-refractivity contribution < 1.29 is 9.59 Å². The van der Waals surface area contributed by atoms with Crippen molar-refractivity contribution in [3.05, 3.63) is 88.7 Å². The molecule has 3 rings (SSSR count). The first-order valence-electron chi connectivity index (χ1n) is 8.64. The molecular formula is C22H21N3O2. The van der Waals surface area contributed by atoms with Crippen molar-refractivity contribution >= 4 is 23.2 Å². The summed E-state index contributed by atoms with van der Waals surface area (Å²) in [6.45, 7) is 5.85. The zero-order valence-electron chi connectivity index (χ0n) is 15.5. The molecule has 2 aromatic carbocycles. The third-order valence-corrected chi connectivity index (χ3v) is 4.29. The molecule has 0 atom stereocenters. The van der Waals surface area contributed by atoms with Gasteiger partial charge in [0.05, 0.1) is 11.1 Å². The highest BCUT2D eigenvalue weighted by Gasteiger charge is 2.13. The fourth-order valence-corrected chi connectivity index (χ4v) is 2.74. The van der Waals surface area contributed by atoms with E-state index < -0.39 is 0 Å². The number of para-hydroxylation sites is 1. The number of amides is 2. The number of rotatable bonds is 4. The molecule has 1 aromatic heterocycles. The van der Waals surface area contributed by atoms with Crippen molar-refractivity contribution in [2.75, 3.05) is 10.6 Å². The summed E-state index contributed by atoms with van der Waals surface area (Å²) in [7, 11) is 0. The van der Waals surface area contributed by atoms with Gasteiger partial charge in [0, 0.05) is 23.8 Å². The number of aryl methyl sites for hydroxylation is 3. The van der Waals surface area contributed by atoms with Gasteiger partial charge in [-0.25, -0.2) is 0 Å². The van der Waals surface area contributed by atoms with Crippen LogP contribution >= 0.6 is 0 Å². The Balaban J connectivity index is 1.77. The first-order chi connectivity index (χ1) is 12.9. The number of nitrogens with zero attached hydrogens (tertiary/aromatic N) is 1. The third kappa shape index (κ3) is 4.39. The highest BCUT2D eigenvalue weighted by molar-refractivity contribution is 6.08. The molecule has 0 aliphatic carbocycles. The molecule has 2 N–H and O–H groups in total. The zero-order valence-corrected chi connectivity index (χ0v) is 15.5. The molecule has 27 heavy (non-hydrogen) atoms. The number of aromatic nitrogens is 1. The summed E-state index contributed by atoms with van der Waals surface area (Å²) in [6.07, 6.45) is 2.89. The summed E-state index contributed by atoms with van der Waals surface area (Å²) in [4.78, 5) is 29.1. The lowest BCUT2D eigenvalue weighted by atomic mass is 10.1. The molecule has 0 radical (unpaired) electrons. The van der Waals surface area contributed by atoms with Crippen LogP contribution in [0.2, 0.25) is 0 Å². The maximum atomic E-state index is 12.6. The van der Waals surface area contributed by atoms with Gasteiger partial charge < -0.3 is 10.6 Å². The maximum absolute atomic E-state index is 12.6. The van der Waals surface area contributed by atoms with Crippen LogP contribution in [0.15, 0.2) is 60.9 Å². The summed E-state index contributed by atoms with van der Waals surface area (Å²) in [5.74, 6) is -0.613. The monoisotopic (exact) mass is 359 g/mol. The van der Waals surface area contributed by atoms with Gasteiger partial charge >= 0.3 is 0 Å². The van der Waals surface area contributed by atoms with Gasteiger partial charge in [-0.2, -0.15) is 0 Å². The van der Waals surface area contributed by atoms with E-state index >= 15 is 0 Å². The van der Waals surface area contributed by atoms with Crippen molar-refractivity contribution in [1.29, 1.82) is 0 Å². The van der Waals surface area contributed by atoms with Gasteiger partial charge in [-0.15, -0.1) is 0 Å². The number of pyridine rings is 1. The van der Waals surface area contributed by atoms with Crippen molar-refractivity contribution in [2.24, 2.45) is 0 Å². The van der Waals surface area contributed by atoms with Crippen molar-refractivity contribution in [3.8, 4) is 0 Å². The number of nitrogens with one attached hydrogen (secondary N) is 2. The molecule has 0 bridgehead atoms. The molecule has 0 unspecified atom stereocenters. The lowest BCUT2D eigenvalue weighted by Crippen LogP contribution is -2.17. The molecule has 0 saturated carbocycles. The van der Waals surface area contributed by atoms with Crippen LogP contribution < -0.4 is 10.6 Å². The Labute approximate surface area is 158 Å². The van der Waals surface area contributed by atoms with Crippen molar-refractivity contribution in [2.45, 2.75) is 20.8 Å². The standard InChI is InChI=1S/C22H21N3O2/c1-14-8-9-20(16(3)10-14)25-22(27)18-11-17(12-23-13-18)21(26)24-19-7-5-4-6-15(19)2/h4-13H,1-3H3,(H,24,26)(H,25,27). The van der Waals surface area contributed by atoms with Crippen molar-refractivity contribution in [1.82, 2.24) is 4.98 Å². The minimum Gasteiger partial charge on any atom is -0.322 e. The quantitative estimate of drug-likeness (QED) is 0.720. The molecule has 0 fully saturated rings. The second-order valence-corrected chi connectivity index (χ2v) is 6.50. The van der Waals surface area contributed by atoms with Crippen LogP contribution in [-0.4, -0.2) is 16.8 Å². The SMILES string of the molecule is Cc1ccc(NC(=O)c2cncc(C(=O)Nc3ccccc3C)c2)c(C)c1.